The maximum absolute atomic E-state index is 12.1. The lowest BCUT2D eigenvalue weighted by Crippen LogP contribution is -2.27. The van der Waals surface area contributed by atoms with E-state index in [4.69, 9.17) is 23.7 Å². The van der Waals surface area contributed by atoms with Crippen LogP contribution in [0.4, 0.5) is 0 Å². The van der Waals surface area contributed by atoms with Crippen molar-refractivity contribution in [3.63, 3.8) is 0 Å². The number of methoxy groups -OCH3 is 1. The van der Waals surface area contributed by atoms with E-state index in [2.05, 4.69) is 20.4 Å². The molecule has 3 unspecified atom stereocenters. The summed E-state index contributed by atoms with van der Waals surface area (Å²) in [5, 5.41) is 0. The molecule has 0 amide bonds. The standard InChI is InChI=1S/C12H16O4S.C8H14O.C6H12O2.C3H6O/c1-15-12-8-16-7-10(12)9-17(13,14)11-5-3-2-4-6-11;1-6-4-5-9-8(3)7(6)2;1-5-4-7-6(2,3)8-5;1-2-3-4/h2-6,10,12H,7-9H2,1H3;6,8H,2,4-5H2,1,3H3;5H,4H2,1-3H3;3H,2H2,1H3/t10?,12-;6-,8?;;/m01../s1. The summed E-state index contributed by atoms with van der Waals surface area (Å²) in [6.45, 7) is 18.5. The third-order valence-corrected chi connectivity index (χ3v) is 8.23. The van der Waals surface area contributed by atoms with Crippen LogP contribution in [0.25, 0.3) is 0 Å². The topological polar surface area (TPSA) is 97.4 Å². The number of sulfone groups is 1. The smallest absolute Gasteiger partial charge is 0.178 e. The van der Waals surface area contributed by atoms with Crippen molar-refractivity contribution in [3.05, 3.63) is 42.5 Å². The van der Waals surface area contributed by atoms with Gasteiger partial charge < -0.3 is 28.5 Å². The molecule has 0 N–H and O–H groups in total. The molecule has 0 saturated carbocycles. The summed E-state index contributed by atoms with van der Waals surface area (Å²) in [7, 11) is -1.66. The summed E-state index contributed by atoms with van der Waals surface area (Å²) in [5.41, 5.74) is 1.25. The van der Waals surface area contributed by atoms with Gasteiger partial charge in [-0.05, 0) is 57.7 Å². The Morgan fingerprint density at radius 3 is 2.16 bits per heavy atom. The fraction of sp³-hybridized carbons (Fsp3) is 0.690. The Hall–Kier alpha value is -1.62. The van der Waals surface area contributed by atoms with E-state index in [9.17, 15) is 13.2 Å². The zero-order valence-electron chi connectivity index (χ0n) is 24.2. The fourth-order valence-corrected chi connectivity index (χ4v) is 5.62. The Morgan fingerprint density at radius 1 is 1.11 bits per heavy atom. The predicted octanol–water partition coefficient (Wildman–Crippen LogP) is 4.86. The molecule has 0 spiro atoms. The zero-order valence-corrected chi connectivity index (χ0v) is 25.0. The summed E-state index contributed by atoms with van der Waals surface area (Å²) < 4.78 is 50.7. The van der Waals surface area contributed by atoms with Gasteiger partial charge in [-0.15, -0.1) is 0 Å². The molecule has 9 heteroatoms. The molecule has 3 aliphatic rings. The first-order valence-corrected chi connectivity index (χ1v) is 15.0. The normalized spacial score (nSPS) is 28.1. The van der Waals surface area contributed by atoms with Gasteiger partial charge in [0.15, 0.2) is 15.6 Å². The molecule has 1 aromatic rings. The summed E-state index contributed by atoms with van der Waals surface area (Å²) in [4.78, 5) is 9.54. The Morgan fingerprint density at radius 2 is 1.74 bits per heavy atom. The van der Waals surface area contributed by atoms with Crippen molar-refractivity contribution >= 4 is 16.1 Å². The largest absolute Gasteiger partial charge is 0.379 e. The van der Waals surface area contributed by atoms with Crippen LogP contribution in [0.3, 0.4) is 0 Å². The number of hydrogen-bond acceptors (Lipinski definition) is 8. The first-order chi connectivity index (χ1) is 17.9. The zero-order chi connectivity index (χ0) is 28.8. The van der Waals surface area contributed by atoms with Crippen molar-refractivity contribution in [1.82, 2.24) is 0 Å². The fourth-order valence-electron chi connectivity index (χ4n) is 3.99. The van der Waals surface area contributed by atoms with E-state index in [1.54, 1.807) is 37.4 Å². The molecule has 0 aliphatic carbocycles. The second kappa shape index (κ2) is 17.2. The molecule has 0 radical (unpaired) electrons. The third-order valence-electron chi connectivity index (χ3n) is 6.37. The van der Waals surface area contributed by atoms with Gasteiger partial charge >= 0.3 is 0 Å². The SMILES string of the molecule is C=C1C(C)OCC[C@H]1C.CC1COC(C)(C)O1.CCC=O.CO[C@H]1COCC1CS(=O)(=O)c1ccccc1. The van der Waals surface area contributed by atoms with E-state index < -0.39 is 9.84 Å². The minimum absolute atomic E-state index is 0.0785. The Kier molecular flexibility index (Phi) is 15.5. The highest BCUT2D eigenvalue weighted by molar-refractivity contribution is 7.91. The summed E-state index contributed by atoms with van der Waals surface area (Å²) in [6.07, 6.45) is 3.09. The number of ether oxygens (including phenoxy) is 5. The van der Waals surface area contributed by atoms with Gasteiger partial charge in [-0.3, -0.25) is 0 Å². The second-order valence-corrected chi connectivity index (χ2v) is 12.2. The third kappa shape index (κ3) is 12.5. The van der Waals surface area contributed by atoms with E-state index in [0.29, 0.717) is 30.4 Å². The van der Waals surface area contributed by atoms with Crippen LogP contribution in [0.5, 0.6) is 0 Å². The highest BCUT2D eigenvalue weighted by Crippen LogP contribution is 2.24. The van der Waals surface area contributed by atoms with Crippen LogP contribution >= 0.6 is 0 Å². The first-order valence-electron chi connectivity index (χ1n) is 13.3. The van der Waals surface area contributed by atoms with Gasteiger partial charge in [-0.2, -0.15) is 0 Å². The highest BCUT2D eigenvalue weighted by atomic mass is 32.2. The molecule has 0 aromatic heterocycles. The van der Waals surface area contributed by atoms with Gasteiger partial charge in [0, 0.05) is 26.1 Å². The van der Waals surface area contributed by atoms with Gasteiger partial charge in [0.1, 0.15) is 6.29 Å². The maximum Gasteiger partial charge on any atom is 0.178 e. The molecular formula is C29H48O8S. The Balaban J connectivity index is 0.000000289. The summed E-state index contributed by atoms with van der Waals surface area (Å²) in [5.74, 6) is 0.327. The van der Waals surface area contributed by atoms with E-state index in [0.717, 1.165) is 25.9 Å². The van der Waals surface area contributed by atoms with Crippen molar-refractivity contribution in [2.45, 2.75) is 83.4 Å². The molecule has 3 aliphatic heterocycles. The quantitative estimate of drug-likeness (QED) is 0.375. The van der Waals surface area contributed by atoms with Crippen molar-refractivity contribution in [2.75, 3.05) is 39.3 Å². The first kappa shape index (κ1) is 34.4. The lowest BCUT2D eigenvalue weighted by Gasteiger charge is -2.27. The minimum Gasteiger partial charge on any atom is -0.379 e. The maximum atomic E-state index is 12.1. The number of hydrogen-bond donors (Lipinski definition) is 0. The Labute approximate surface area is 229 Å². The van der Waals surface area contributed by atoms with Gasteiger partial charge in [0.25, 0.3) is 0 Å². The van der Waals surface area contributed by atoms with E-state index in [-0.39, 0.29) is 35.8 Å². The van der Waals surface area contributed by atoms with Crippen molar-refractivity contribution < 1.29 is 36.9 Å². The molecule has 3 heterocycles. The second-order valence-electron chi connectivity index (χ2n) is 10.2. The number of rotatable bonds is 5. The van der Waals surface area contributed by atoms with E-state index in [1.807, 2.05) is 27.7 Å². The van der Waals surface area contributed by atoms with Crippen LogP contribution in [-0.2, 0) is 38.3 Å². The molecule has 3 saturated heterocycles. The molecule has 3 fully saturated rings. The molecule has 218 valence electrons. The predicted molar refractivity (Wildman–Crippen MR) is 149 cm³/mol. The van der Waals surface area contributed by atoms with Crippen molar-refractivity contribution in [2.24, 2.45) is 11.8 Å². The summed E-state index contributed by atoms with van der Waals surface area (Å²) >= 11 is 0. The number of aldehydes is 1. The number of benzene rings is 1. The van der Waals surface area contributed by atoms with E-state index >= 15 is 0 Å². The van der Waals surface area contributed by atoms with Gasteiger partial charge in [-0.1, -0.05) is 38.6 Å². The van der Waals surface area contributed by atoms with Crippen LogP contribution < -0.4 is 0 Å². The average Bonchev–Trinajstić information content (AvgIpc) is 3.47. The molecule has 8 nitrogen and oxygen atoms in total. The number of carbonyl (C=O) groups is 1. The van der Waals surface area contributed by atoms with Gasteiger partial charge in [-0.25, -0.2) is 8.42 Å². The monoisotopic (exact) mass is 556 g/mol. The lowest BCUT2D eigenvalue weighted by molar-refractivity contribution is -0.136. The van der Waals surface area contributed by atoms with Crippen LogP contribution in [-0.4, -0.2) is 78.1 Å². The average molecular weight is 557 g/mol. The number of carbonyl (C=O) groups excluding carboxylic acids is 1. The Bertz CT molecular complexity index is 904. The molecule has 0 bridgehead atoms. The van der Waals surface area contributed by atoms with Crippen molar-refractivity contribution in [1.29, 1.82) is 0 Å². The van der Waals surface area contributed by atoms with Gasteiger partial charge in [0.05, 0.1) is 48.8 Å². The molecular weight excluding hydrogens is 508 g/mol. The summed E-state index contributed by atoms with van der Waals surface area (Å²) in [6, 6.07) is 8.49. The minimum atomic E-state index is -3.25. The molecule has 1 aromatic carbocycles. The molecule has 4 rings (SSSR count). The van der Waals surface area contributed by atoms with Crippen LogP contribution in [0.15, 0.2) is 47.4 Å². The van der Waals surface area contributed by atoms with Gasteiger partial charge in [0.2, 0.25) is 0 Å². The van der Waals surface area contributed by atoms with Crippen LogP contribution in [0.1, 0.15) is 54.4 Å². The molecule has 38 heavy (non-hydrogen) atoms. The van der Waals surface area contributed by atoms with Crippen LogP contribution in [0, 0.1) is 11.8 Å². The van der Waals surface area contributed by atoms with Crippen LogP contribution in [0.2, 0.25) is 0 Å². The lowest BCUT2D eigenvalue weighted by atomic mass is 9.93. The highest BCUT2D eigenvalue weighted by Gasteiger charge is 2.33. The molecule has 5 atom stereocenters. The van der Waals surface area contributed by atoms with E-state index in [1.165, 1.54) is 5.57 Å². The van der Waals surface area contributed by atoms with Crippen molar-refractivity contribution in [3.8, 4) is 0 Å².